The number of likely N-dealkylation sites (N-methyl/N-ethyl adjacent to an activating group) is 1. The van der Waals surface area contributed by atoms with E-state index in [1.807, 2.05) is 0 Å². The van der Waals surface area contributed by atoms with Crippen molar-refractivity contribution < 1.29 is 0 Å². The predicted octanol–water partition coefficient (Wildman–Crippen LogP) is 4.19. The first-order chi connectivity index (χ1) is 9.22. The number of hydrogen-bond donors (Lipinski definition) is 1. The lowest BCUT2D eigenvalue weighted by atomic mass is 9.81. The molecule has 0 saturated heterocycles. The van der Waals surface area contributed by atoms with Crippen molar-refractivity contribution >= 4 is 0 Å². The van der Waals surface area contributed by atoms with Gasteiger partial charge in [-0.3, -0.25) is 4.90 Å². The minimum Gasteiger partial charge on any atom is -0.329 e. The molecule has 2 N–H and O–H groups in total. The molecule has 1 saturated carbocycles. The molecule has 0 aromatic heterocycles. The van der Waals surface area contributed by atoms with Crippen LogP contribution in [-0.2, 0) is 0 Å². The highest BCUT2D eigenvalue weighted by molar-refractivity contribution is 4.93. The van der Waals surface area contributed by atoms with Gasteiger partial charge < -0.3 is 5.73 Å². The third-order valence-electron chi connectivity index (χ3n) is 5.35. The molecule has 0 spiro atoms. The summed E-state index contributed by atoms with van der Waals surface area (Å²) in [6.07, 6.45) is 12.2. The van der Waals surface area contributed by atoms with E-state index in [9.17, 15) is 0 Å². The fourth-order valence-corrected chi connectivity index (χ4v) is 3.73. The Balaban J connectivity index is 2.75. The van der Waals surface area contributed by atoms with Gasteiger partial charge in [-0.15, -0.1) is 0 Å². The van der Waals surface area contributed by atoms with Crippen LogP contribution in [0.1, 0.15) is 78.6 Å². The second-order valence-corrected chi connectivity index (χ2v) is 6.42. The first-order valence-corrected chi connectivity index (χ1v) is 8.67. The minimum atomic E-state index is 0.303. The molecule has 1 aliphatic rings. The van der Waals surface area contributed by atoms with Crippen molar-refractivity contribution in [1.29, 1.82) is 0 Å². The molecule has 0 aliphatic heterocycles. The Labute approximate surface area is 121 Å². The normalized spacial score (nSPS) is 20.5. The summed E-state index contributed by atoms with van der Waals surface area (Å²) in [5.74, 6) is 0.841. The van der Waals surface area contributed by atoms with Gasteiger partial charge in [0.1, 0.15) is 0 Å². The minimum absolute atomic E-state index is 0.303. The highest BCUT2D eigenvalue weighted by Crippen LogP contribution is 2.32. The van der Waals surface area contributed by atoms with Crippen molar-refractivity contribution in [2.45, 2.75) is 84.1 Å². The smallest absolute Gasteiger partial charge is 0.0331 e. The highest BCUT2D eigenvalue weighted by atomic mass is 15.2. The molecule has 0 aromatic rings. The van der Waals surface area contributed by atoms with E-state index in [4.69, 9.17) is 5.73 Å². The number of nitrogens with two attached hydrogens (primary N) is 1. The Kier molecular flexibility index (Phi) is 8.01. The second kappa shape index (κ2) is 8.97. The van der Waals surface area contributed by atoms with Crippen LogP contribution in [0.15, 0.2) is 0 Å². The summed E-state index contributed by atoms with van der Waals surface area (Å²) in [5.41, 5.74) is 6.56. The van der Waals surface area contributed by atoms with Crippen LogP contribution in [0.3, 0.4) is 0 Å². The summed E-state index contributed by atoms with van der Waals surface area (Å²) in [7, 11) is 0. The Morgan fingerprint density at radius 2 is 1.47 bits per heavy atom. The Hall–Kier alpha value is -0.0800. The Morgan fingerprint density at radius 3 is 1.89 bits per heavy atom. The molecule has 19 heavy (non-hydrogen) atoms. The van der Waals surface area contributed by atoms with Crippen LogP contribution in [0.4, 0.5) is 0 Å². The van der Waals surface area contributed by atoms with Crippen LogP contribution in [0.25, 0.3) is 0 Å². The standard InChI is InChI=1S/C17H36N2/c1-4-16(5-2)14-19(6-3)17(15-18)12-10-8-7-9-11-13-17/h16H,4-15,18H2,1-3H3. The van der Waals surface area contributed by atoms with E-state index in [1.54, 1.807) is 0 Å². The van der Waals surface area contributed by atoms with Crippen molar-refractivity contribution in [1.82, 2.24) is 4.90 Å². The molecule has 0 heterocycles. The van der Waals surface area contributed by atoms with Gasteiger partial charge in [0.15, 0.2) is 0 Å². The summed E-state index contributed by atoms with van der Waals surface area (Å²) in [4.78, 5) is 2.73. The van der Waals surface area contributed by atoms with E-state index < -0.39 is 0 Å². The maximum absolute atomic E-state index is 6.25. The van der Waals surface area contributed by atoms with Crippen LogP contribution in [0, 0.1) is 5.92 Å². The fraction of sp³-hybridized carbons (Fsp3) is 1.00. The maximum Gasteiger partial charge on any atom is 0.0331 e. The van der Waals surface area contributed by atoms with E-state index in [0.29, 0.717) is 5.54 Å². The summed E-state index contributed by atoms with van der Waals surface area (Å²) in [6, 6.07) is 0. The molecule has 0 unspecified atom stereocenters. The van der Waals surface area contributed by atoms with Gasteiger partial charge in [0, 0.05) is 18.6 Å². The molecule has 1 aliphatic carbocycles. The van der Waals surface area contributed by atoms with Gasteiger partial charge in [0.25, 0.3) is 0 Å². The van der Waals surface area contributed by atoms with Gasteiger partial charge >= 0.3 is 0 Å². The average molecular weight is 268 g/mol. The van der Waals surface area contributed by atoms with Crippen LogP contribution in [0.2, 0.25) is 0 Å². The number of hydrogen-bond acceptors (Lipinski definition) is 2. The van der Waals surface area contributed by atoms with Gasteiger partial charge in [0.2, 0.25) is 0 Å². The van der Waals surface area contributed by atoms with E-state index in [-0.39, 0.29) is 0 Å². The topological polar surface area (TPSA) is 29.3 Å². The molecule has 0 atom stereocenters. The number of nitrogens with zero attached hydrogens (tertiary/aromatic N) is 1. The molecule has 0 aromatic carbocycles. The monoisotopic (exact) mass is 268 g/mol. The first-order valence-electron chi connectivity index (χ1n) is 8.67. The largest absolute Gasteiger partial charge is 0.329 e. The quantitative estimate of drug-likeness (QED) is 0.750. The molecule has 2 heteroatoms. The van der Waals surface area contributed by atoms with Gasteiger partial charge in [-0.2, -0.15) is 0 Å². The van der Waals surface area contributed by atoms with Crippen molar-refractivity contribution in [3.8, 4) is 0 Å². The SMILES string of the molecule is CCC(CC)CN(CC)C1(CN)CCCCCCC1. The predicted molar refractivity (Wildman–Crippen MR) is 85.4 cm³/mol. The van der Waals surface area contributed by atoms with E-state index in [0.717, 1.165) is 19.0 Å². The molecular formula is C17H36N2. The van der Waals surface area contributed by atoms with Gasteiger partial charge in [-0.1, -0.05) is 65.7 Å². The molecule has 2 nitrogen and oxygen atoms in total. The Morgan fingerprint density at radius 1 is 0.947 bits per heavy atom. The molecule has 114 valence electrons. The molecular weight excluding hydrogens is 232 g/mol. The highest BCUT2D eigenvalue weighted by Gasteiger charge is 2.34. The van der Waals surface area contributed by atoms with Gasteiger partial charge in [-0.25, -0.2) is 0 Å². The van der Waals surface area contributed by atoms with Crippen LogP contribution in [0.5, 0.6) is 0 Å². The van der Waals surface area contributed by atoms with Gasteiger partial charge in [0.05, 0.1) is 0 Å². The lowest BCUT2D eigenvalue weighted by Gasteiger charge is -2.45. The lowest BCUT2D eigenvalue weighted by molar-refractivity contribution is 0.0548. The fourth-order valence-electron chi connectivity index (χ4n) is 3.73. The lowest BCUT2D eigenvalue weighted by Crippen LogP contribution is -2.55. The van der Waals surface area contributed by atoms with Crippen LogP contribution >= 0.6 is 0 Å². The maximum atomic E-state index is 6.25. The third-order valence-corrected chi connectivity index (χ3v) is 5.35. The zero-order chi connectivity index (χ0) is 14.1. The molecule has 1 rings (SSSR count). The second-order valence-electron chi connectivity index (χ2n) is 6.42. The summed E-state index contributed by atoms with van der Waals surface area (Å²) < 4.78 is 0. The van der Waals surface area contributed by atoms with E-state index in [2.05, 4.69) is 25.7 Å². The van der Waals surface area contributed by atoms with Gasteiger partial charge in [-0.05, 0) is 25.3 Å². The summed E-state index contributed by atoms with van der Waals surface area (Å²) >= 11 is 0. The molecule has 0 bridgehead atoms. The van der Waals surface area contributed by atoms with Crippen molar-refractivity contribution in [2.75, 3.05) is 19.6 Å². The molecule has 0 radical (unpaired) electrons. The Bertz CT molecular complexity index is 215. The van der Waals surface area contributed by atoms with E-state index in [1.165, 1.54) is 64.3 Å². The van der Waals surface area contributed by atoms with E-state index >= 15 is 0 Å². The van der Waals surface area contributed by atoms with Crippen molar-refractivity contribution in [3.63, 3.8) is 0 Å². The number of rotatable bonds is 7. The van der Waals surface area contributed by atoms with Crippen LogP contribution < -0.4 is 5.73 Å². The third kappa shape index (κ3) is 4.75. The summed E-state index contributed by atoms with van der Waals surface area (Å²) in [5, 5.41) is 0. The first kappa shape index (κ1) is 17.0. The molecule has 0 amide bonds. The molecule has 1 fully saturated rings. The average Bonchev–Trinajstić information content (AvgIpc) is 2.42. The summed E-state index contributed by atoms with van der Waals surface area (Å²) in [6.45, 7) is 10.2. The zero-order valence-corrected chi connectivity index (χ0v) is 13.6. The zero-order valence-electron chi connectivity index (χ0n) is 13.6. The van der Waals surface area contributed by atoms with Crippen molar-refractivity contribution in [2.24, 2.45) is 11.7 Å². The van der Waals surface area contributed by atoms with Crippen molar-refractivity contribution in [3.05, 3.63) is 0 Å². The van der Waals surface area contributed by atoms with Crippen LogP contribution in [-0.4, -0.2) is 30.1 Å².